The van der Waals surface area contributed by atoms with Crippen LogP contribution >= 0.6 is 0 Å². The third-order valence-corrected chi connectivity index (χ3v) is 8.22. The minimum absolute atomic E-state index is 0.0700. The van der Waals surface area contributed by atoms with Crippen LogP contribution in [0.1, 0.15) is 100 Å². The highest BCUT2D eigenvalue weighted by atomic mass is 16.7. The summed E-state index contributed by atoms with van der Waals surface area (Å²) in [5, 5.41) is 7.25. The molecular formula is C30H50N2O6. The first-order valence-corrected chi connectivity index (χ1v) is 14.4. The molecule has 0 aromatic rings. The molecule has 0 aromatic carbocycles. The standard InChI is InChI=1S/C30H50N2O6/c1-27(2)13-22(14-28(3,4)31-27)37-24(33)19-9-11-20(12-10-19)26-35-17-21(18-36-26)25(34)38-23-15-29(5,6)32-30(7,8)16-23/h9,20-23,26,31-32H,10-18H2,1-8H3. The Labute approximate surface area is 228 Å². The van der Waals surface area contributed by atoms with Gasteiger partial charge in [-0.15, -0.1) is 0 Å². The number of rotatable bonds is 5. The second-order valence-corrected chi connectivity index (χ2v) is 14.7. The summed E-state index contributed by atoms with van der Waals surface area (Å²) in [7, 11) is 0. The zero-order chi connectivity index (χ0) is 27.9. The van der Waals surface area contributed by atoms with Crippen molar-refractivity contribution in [3.05, 3.63) is 11.6 Å². The number of allylic oxidation sites excluding steroid dienone is 1. The van der Waals surface area contributed by atoms with E-state index in [0.717, 1.165) is 37.7 Å². The van der Waals surface area contributed by atoms with Gasteiger partial charge in [0.15, 0.2) is 6.29 Å². The van der Waals surface area contributed by atoms with Crippen molar-refractivity contribution in [2.45, 2.75) is 141 Å². The van der Waals surface area contributed by atoms with E-state index in [0.29, 0.717) is 26.1 Å². The lowest BCUT2D eigenvalue weighted by Gasteiger charge is -2.46. The van der Waals surface area contributed by atoms with E-state index in [1.165, 1.54) is 0 Å². The monoisotopic (exact) mass is 534 g/mol. The molecule has 0 spiro atoms. The highest BCUT2D eigenvalue weighted by Crippen LogP contribution is 2.35. The molecule has 0 amide bonds. The summed E-state index contributed by atoms with van der Waals surface area (Å²) in [5.41, 5.74) is 0.440. The Kier molecular flexibility index (Phi) is 8.41. The van der Waals surface area contributed by atoms with Crippen LogP contribution in [-0.4, -0.2) is 65.8 Å². The van der Waals surface area contributed by atoms with Gasteiger partial charge in [-0.2, -0.15) is 0 Å². The molecule has 8 nitrogen and oxygen atoms in total. The average Bonchev–Trinajstić information content (AvgIpc) is 2.75. The van der Waals surface area contributed by atoms with Crippen molar-refractivity contribution in [1.82, 2.24) is 10.6 Å². The first-order valence-electron chi connectivity index (χ1n) is 14.4. The molecule has 3 heterocycles. The topological polar surface area (TPSA) is 95.1 Å². The maximum Gasteiger partial charge on any atom is 0.333 e. The normalized spacial score (nSPS) is 33.2. The van der Waals surface area contributed by atoms with Crippen LogP contribution < -0.4 is 10.6 Å². The number of ether oxygens (including phenoxy) is 4. The molecule has 0 bridgehead atoms. The molecule has 4 aliphatic rings. The molecule has 3 fully saturated rings. The fourth-order valence-electron chi connectivity index (χ4n) is 7.32. The number of hydrogen-bond donors (Lipinski definition) is 2. The number of nitrogens with one attached hydrogen (secondary N) is 2. The van der Waals surface area contributed by atoms with Crippen LogP contribution in [0.3, 0.4) is 0 Å². The number of esters is 2. The molecule has 4 rings (SSSR count). The van der Waals surface area contributed by atoms with Gasteiger partial charge in [0.1, 0.15) is 18.1 Å². The summed E-state index contributed by atoms with van der Waals surface area (Å²) in [6.45, 7) is 17.8. The van der Waals surface area contributed by atoms with E-state index in [9.17, 15) is 9.59 Å². The van der Waals surface area contributed by atoms with Crippen LogP contribution in [0.5, 0.6) is 0 Å². The Bertz CT molecular complexity index is 884. The Morgan fingerprint density at radius 3 is 1.71 bits per heavy atom. The van der Waals surface area contributed by atoms with Gasteiger partial charge in [-0.05, 0) is 74.7 Å². The van der Waals surface area contributed by atoms with Crippen LogP contribution in [0.2, 0.25) is 0 Å². The summed E-state index contributed by atoms with van der Waals surface area (Å²) >= 11 is 0. The molecule has 3 saturated heterocycles. The third-order valence-electron chi connectivity index (χ3n) is 8.22. The minimum atomic E-state index is -0.407. The van der Waals surface area contributed by atoms with Crippen LogP contribution in [0, 0.1) is 11.8 Å². The van der Waals surface area contributed by atoms with E-state index in [1.807, 2.05) is 6.08 Å². The Morgan fingerprint density at radius 2 is 1.26 bits per heavy atom. The Morgan fingerprint density at radius 1 is 0.789 bits per heavy atom. The van der Waals surface area contributed by atoms with Crippen LogP contribution in [0.25, 0.3) is 0 Å². The van der Waals surface area contributed by atoms with Gasteiger partial charge in [0.2, 0.25) is 0 Å². The van der Waals surface area contributed by atoms with Crippen molar-refractivity contribution in [2.75, 3.05) is 13.2 Å². The van der Waals surface area contributed by atoms with Crippen molar-refractivity contribution in [3.8, 4) is 0 Å². The summed E-state index contributed by atoms with van der Waals surface area (Å²) in [4.78, 5) is 25.8. The zero-order valence-corrected chi connectivity index (χ0v) is 24.8. The second-order valence-electron chi connectivity index (χ2n) is 14.7. The molecule has 1 atom stereocenters. The largest absolute Gasteiger partial charge is 0.462 e. The quantitative estimate of drug-likeness (QED) is 0.501. The molecule has 0 saturated carbocycles. The van der Waals surface area contributed by atoms with Crippen LogP contribution in [0.4, 0.5) is 0 Å². The van der Waals surface area contributed by atoms with E-state index < -0.39 is 5.92 Å². The highest BCUT2D eigenvalue weighted by molar-refractivity contribution is 5.88. The van der Waals surface area contributed by atoms with E-state index in [4.69, 9.17) is 18.9 Å². The van der Waals surface area contributed by atoms with Crippen molar-refractivity contribution in [2.24, 2.45) is 11.8 Å². The smallest absolute Gasteiger partial charge is 0.333 e. The van der Waals surface area contributed by atoms with Gasteiger partial charge >= 0.3 is 11.9 Å². The first kappa shape index (κ1) is 29.5. The summed E-state index contributed by atoms with van der Waals surface area (Å²) in [5.74, 6) is -0.680. The summed E-state index contributed by atoms with van der Waals surface area (Å²) in [6.07, 6.45) is 6.74. The first-order chi connectivity index (χ1) is 17.5. The Balaban J connectivity index is 1.22. The summed E-state index contributed by atoms with van der Waals surface area (Å²) < 4.78 is 23.8. The molecule has 38 heavy (non-hydrogen) atoms. The molecular weight excluding hydrogens is 484 g/mol. The Hall–Kier alpha value is -1.48. The number of hydrogen-bond acceptors (Lipinski definition) is 8. The molecule has 2 N–H and O–H groups in total. The van der Waals surface area contributed by atoms with E-state index in [-0.39, 0.29) is 58.5 Å². The molecule has 1 unspecified atom stereocenters. The fourth-order valence-corrected chi connectivity index (χ4v) is 7.32. The molecule has 0 aromatic heterocycles. The van der Waals surface area contributed by atoms with Crippen LogP contribution in [0.15, 0.2) is 11.6 Å². The van der Waals surface area contributed by atoms with Gasteiger partial charge in [0.05, 0.1) is 13.2 Å². The van der Waals surface area contributed by atoms with E-state index in [2.05, 4.69) is 66.0 Å². The predicted molar refractivity (Wildman–Crippen MR) is 145 cm³/mol. The van der Waals surface area contributed by atoms with Gasteiger partial charge in [-0.25, -0.2) is 4.79 Å². The number of carbonyl (C=O) groups excluding carboxylic acids is 2. The maximum atomic E-state index is 12.9. The number of piperidine rings is 2. The van der Waals surface area contributed by atoms with Crippen molar-refractivity contribution >= 4 is 11.9 Å². The molecule has 216 valence electrons. The van der Waals surface area contributed by atoms with Crippen molar-refractivity contribution in [3.63, 3.8) is 0 Å². The number of carbonyl (C=O) groups is 2. The highest BCUT2D eigenvalue weighted by Gasteiger charge is 2.42. The van der Waals surface area contributed by atoms with E-state index in [1.54, 1.807) is 0 Å². The van der Waals surface area contributed by atoms with Gasteiger partial charge in [-0.3, -0.25) is 4.79 Å². The van der Waals surface area contributed by atoms with Crippen molar-refractivity contribution in [1.29, 1.82) is 0 Å². The lowest BCUT2D eigenvalue weighted by Crippen LogP contribution is -2.60. The lowest BCUT2D eigenvalue weighted by molar-refractivity contribution is -0.231. The summed E-state index contributed by atoms with van der Waals surface area (Å²) in [6, 6.07) is 0. The third kappa shape index (κ3) is 7.80. The lowest BCUT2D eigenvalue weighted by atomic mass is 9.81. The SMILES string of the molecule is CC1(C)CC(OC(=O)C2=CCC(C3OCC(C(=O)OC4CC(C)(C)NC(C)(C)C4)CO3)CC2)CC(C)(C)N1. The average molecular weight is 535 g/mol. The van der Waals surface area contributed by atoms with E-state index >= 15 is 0 Å². The minimum Gasteiger partial charge on any atom is -0.462 e. The van der Waals surface area contributed by atoms with Crippen molar-refractivity contribution < 1.29 is 28.5 Å². The molecule has 0 radical (unpaired) electrons. The fraction of sp³-hybridized carbons (Fsp3) is 0.867. The predicted octanol–water partition coefficient (Wildman–Crippen LogP) is 4.41. The van der Waals surface area contributed by atoms with Crippen LogP contribution in [-0.2, 0) is 28.5 Å². The van der Waals surface area contributed by atoms with Gasteiger partial charge in [0, 0.05) is 59.3 Å². The zero-order valence-electron chi connectivity index (χ0n) is 24.8. The molecule has 3 aliphatic heterocycles. The van der Waals surface area contributed by atoms with Gasteiger partial charge in [0.25, 0.3) is 0 Å². The molecule has 8 heteroatoms. The molecule has 1 aliphatic carbocycles. The van der Waals surface area contributed by atoms with Gasteiger partial charge in [-0.1, -0.05) is 6.08 Å². The van der Waals surface area contributed by atoms with Gasteiger partial charge < -0.3 is 29.6 Å². The maximum absolute atomic E-state index is 12.9. The second kappa shape index (κ2) is 10.8.